The second kappa shape index (κ2) is 14.7. The number of halogens is 6. The van der Waals surface area contributed by atoms with Crippen molar-refractivity contribution in [1.29, 1.82) is 0 Å². The fraction of sp³-hybridized carbons (Fsp3) is 0.310. The molecule has 1 atom stereocenters. The molecule has 0 fully saturated rings. The minimum Gasteiger partial charge on any atom is -0.354 e. The zero-order valence-corrected chi connectivity index (χ0v) is 26.3. The fourth-order valence-electron chi connectivity index (χ4n) is 4.09. The molecule has 232 valence electrons. The highest BCUT2D eigenvalue weighted by Gasteiger charge is 2.36. The van der Waals surface area contributed by atoms with Crippen molar-refractivity contribution in [3.8, 4) is 0 Å². The van der Waals surface area contributed by atoms with Crippen molar-refractivity contribution in [1.82, 2.24) is 10.2 Å². The Hall–Kier alpha value is -2.99. The standard InChI is InChI=1S/C29H29Cl3F3N3O4S/c1-3-4-15-36-28(40)19(2)37(17-22-23(30)11-8-12-24(22)31)27(39)18-38(43(41,42)21-9-6-5-7-10-21)26-16-20(29(33,34)35)13-14-25(26)32/h5-14,16,19H,3-4,15,17-18H2,1-2H3,(H,36,40)/t19-/m1/s1. The van der Waals surface area contributed by atoms with Crippen LogP contribution in [0.25, 0.3) is 0 Å². The molecule has 43 heavy (non-hydrogen) atoms. The summed E-state index contributed by atoms with van der Waals surface area (Å²) in [6, 6.07) is 12.6. The highest BCUT2D eigenvalue weighted by molar-refractivity contribution is 7.92. The van der Waals surface area contributed by atoms with Crippen molar-refractivity contribution >= 4 is 62.3 Å². The predicted molar refractivity (Wildman–Crippen MR) is 162 cm³/mol. The van der Waals surface area contributed by atoms with Gasteiger partial charge in [0.05, 0.1) is 21.2 Å². The number of hydrogen-bond donors (Lipinski definition) is 1. The van der Waals surface area contributed by atoms with Gasteiger partial charge in [0.15, 0.2) is 0 Å². The number of alkyl halides is 3. The van der Waals surface area contributed by atoms with E-state index in [9.17, 15) is 31.2 Å². The molecule has 0 unspecified atom stereocenters. The summed E-state index contributed by atoms with van der Waals surface area (Å²) in [5.74, 6) is -1.44. The van der Waals surface area contributed by atoms with Gasteiger partial charge in [0, 0.05) is 28.7 Å². The number of nitrogens with one attached hydrogen (secondary N) is 1. The highest BCUT2D eigenvalue weighted by atomic mass is 35.5. The van der Waals surface area contributed by atoms with E-state index in [1.54, 1.807) is 12.1 Å². The molecule has 2 amide bonds. The Balaban J connectivity index is 2.13. The molecule has 0 aliphatic rings. The maximum absolute atomic E-state index is 14.0. The molecule has 0 spiro atoms. The van der Waals surface area contributed by atoms with E-state index in [-0.39, 0.29) is 26.5 Å². The summed E-state index contributed by atoms with van der Waals surface area (Å²) in [7, 11) is -4.64. The number of carbonyl (C=O) groups excluding carboxylic acids is 2. The zero-order chi connectivity index (χ0) is 31.9. The summed E-state index contributed by atoms with van der Waals surface area (Å²) in [6.07, 6.45) is -3.35. The molecule has 0 aromatic heterocycles. The number of amides is 2. The van der Waals surface area contributed by atoms with Crippen LogP contribution in [-0.2, 0) is 32.3 Å². The lowest BCUT2D eigenvalue weighted by Gasteiger charge is -2.32. The lowest BCUT2D eigenvalue weighted by atomic mass is 10.1. The molecule has 0 saturated heterocycles. The molecule has 0 aliphatic heterocycles. The maximum Gasteiger partial charge on any atom is 0.416 e. The summed E-state index contributed by atoms with van der Waals surface area (Å²) in [5.41, 5.74) is -1.44. The molecular formula is C29H29Cl3F3N3O4S. The number of carbonyl (C=O) groups is 2. The first-order valence-corrected chi connectivity index (χ1v) is 15.7. The fourth-order valence-corrected chi connectivity index (χ4v) is 6.32. The van der Waals surface area contributed by atoms with Crippen LogP contribution in [0.3, 0.4) is 0 Å². The molecule has 3 rings (SSSR count). The molecule has 3 aromatic carbocycles. The Morgan fingerprint density at radius 1 is 0.930 bits per heavy atom. The van der Waals surface area contributed by atoms with Crippen LogP contribution in [0.1, 0.15) is 37.8 Å². The number of unbranched alkanes of at least 4 members (excludes halogenated alkanes) is 1. The molecule has 3 aromatic rings. The Bertz CT molecular complexity index is 1540. The number of anilines is 1. The number of nitrogens with zero attached hydrogens (tertiary/aromatic N) is 2. The predicted octanol–water partition coefficient (Wildman–Crippen LogP) is 7.19. The first-order valence-electron chi connectivity index (χ1n) is 13.1. The maximum atomic E-state index is 14.0. The van der Waals surface area contributed by atoms with Crippen LogP contribution in [0.4, 0.5) is 18.9 Å². The third kappa shape index (κ3) is 8.56. The van der Waals surface area contributed by atoms with E-state index in [2.05, 4.69) is 5.32 Å². The molecule has 0 aliphatic carbocycles. The molecule has 0 bridgehead atoms. The summed E-state index contributed by atoms with van der Waals surface area (Å²) < 4.78 is 69.2. The molecule has 7 nitrogen and oxygen atoms in total. The normalized spacial score (nSPS) is 12.5. The Kier molecular flexibility index (Phi) is 11.8. The monoisotopic (exact) mass is 677 g/mol. The van der Waals surface area contributed by atoms with Gasteiger partial charge in [-0.25, -0.2) is 8.42 Å². The topological polar surface area (TPSA) is 86.8 Å². The van der Waals surface area contributed by atoms with Gasteiger partial charge in [-0.2, -0.15) is 13.2 Å². The smallest absolute Gasteiger partial charge is 0.354 e. The largest absolute Gasteiger partial charge is 0.416 e. The van der Waals surface area contributed by atoms with Gasteiger partial charge in [-0.1, -0.05) is 72.4 Å². The van der Waals surface area contributed by atoms with Crippen molar-refractivity contribution < 1.29 is 31.2 Å². The SMILES string of the molecule is CCCCNC(=O)[C@@H](C)N(Cc1c(Cl)cccc1Cl)C(=O)CN(c1cc(C(F)(F)F)ccc1Cl)S(=O)(=O)c1ccccc1. The van der Waals surface area contributed by atoms with Crippen LogP contribution < -0.4 is 9.62 Å². The molecule has 14 heteroatoms. The van der Waals surface area contributed by atoms with E-state index in [0.717, 1.165) is 17.4 Å². The van der Waals surface area contributed by atoms with Gasteiger partial charge in [-0.15, -0.1) is 0 Å². The number of benzene rings is 3. The number of rotatable bonds is 12. The molecule has 0 saturated carbocycles. The van der Waals surface area contributed by atoms with E-state index in [0.29, 0.717) is 35.0 Å². The Morgan fingerprint density at radius 3 is 2.14 bits per heavy atom. The van der Waals surface area contributed by atoms with Gasteiger partial charge in [0.2, 0.25) is 11.8 Å². The second-order valence-electron chi connectivity index (χ2n) is 9.53. The van der Waals surface area contributed by atoms with Crippen LogP contribution in [0.2, 0.25) is 15.1 Å². The zero-order valence-electron chi connectivity index (χ0n) is 23.2. The first-order chi connectivity index (χ1) is 20.2. The van der Waals surface area contributed by atoms with Crippen molar-refractivity contribution in [2.45, 2.75) is 50.3 Å². The lowest BCUT2D eigenvalue weighted by Crippen LogP contribution is -2.51. The average Bonchev–Trinajstić information content (AvgIpc) is 2.95. The van der Waals surface area contributed by atoms with Crippen molar-refractivity contribution in [3.63, 3.8) is 0 Å². The van der Waals surface area contributed by atoms with Crippen LogP contribution in [0, 0.1) is 0 Å². The Labute approximate surface area is 263 Å². The van der Waals surface area contributed by atoms with Crippen molar-refractivity contribution in [2.24, 2.45) is 0 Å². The average molecular weight is 679 g/mol. The van der Waals surface area contributed by atoms with Crippen LogP contribution in [-0.4, -0.2) is 44.3 Å². The van der Waals surface area contributed by atoms with Crippen LogP contribution >= 0.6 is 34.8 Å². The van der Waals surface area contributed by atoms with E-state index in [1.807, 2.05) is 6.92 Å². The van der Waals surface area contributed by atoms with Crippen LogP contribution in [0.5, 0.6) is 0 Å². The minimum atomic E-state index is -4.83. The third-order valence-corrected chi connectivity index (χ3v) is 9.34. The summed E-state index contributed by atoms with van der Waals surface area (Å²) in [5, 5.41) is 2.78. The van der Waals surface area contributed by atoms with Crippen molar-refractivity contribution in [3.05, 3.63) is 92.9 Å². The molecule has 0 radical (unpaired) electrons. The van der Waals surface area contributed by atoms with Gasteiger partial charge in [-0.05, 0) is 55.8 Å². The molecular weight excluding hydrogens is 650 g/mol. The molecule has 0 heterocycles. The number of hydrogen-bond acceptors (Lipinski definition) is 4. The van der Waals surface area contributed by atoms with Crippen molar-refractivity contribution in [2.75, 3.05) is 17.4 Å². The van der Waals surface area contributed by atoms with E-state index in [1.165, 1.54) is 43.3 Å². The second-order valence-corrected chi connectivity index (χ2v) is 12.6. The van der Waals surface area contributed by atoms with Gasteiger partial charge in [-0.3, -0.25) is 13.9 Å². The number of sulfonamides is 1. The van der Waals surface area contributed by atoms with Gasteiger partial charge in [0.25, 0.3) is 10.0 Å². The first kappa shape index (κ1) is 34.5. The highest BCUT2D eigenvalue weighted by Crippen LogP contribution is 2.37. The van der Waals surface area contributed by atoms with Crippen LogP contribution in [0.15, 0.2) is 71.6 Å². The van der Waals surface area contributed by atoms with Gasteiger partial charge in [0.1, 0.15) is 12.6 Å². The molecule has 1 N–H and O–H groups in total. The van der Waals surface area contributed by atoms with E-state index >= 15 is 0 Å². The quantitative estimate of drug-likeness (QED) is 0.206. The summed E-state index contributed by atoms with van der Waals surface area (Å²) in [4.78, 5) is 27.8. The van der Waals surface area contributed by atoms with Gasteiger partial charge < -0.3 is 10.2 Å². The third-order valence-electron chi connectivity index (χ3n) is 6.54. The lowest BCUT2D eigenvalue weighted by molar-refractivity contribution is -0.139. The van der Waals surface area contributed by atoms with E-state index < -0.39 is 51.9 Å². The summed E-state index contributed by atoms with van der Waals surface area (Å²) >= 11 is 18.9. The minimum absolute atomic E-state index is 0.193. The Morgan fingerprint density at radius 2 is 1.56 bits per heavy atom. The van der Waals surface area contributed by atoms with Gasteiger partial charge >= 0.3 is 6.18 Å². The van der Waals surface area contributed by atoms with E-state index in [4.69, 9.17) is 34.8 Å². The summed E-state index contributed by atoms with van der Waals surface area (Å²) in [6.45, 7) is 2.42.